The van der Waals surface area contributed by atoms with E-state index in [4.69, 9.17) is 0 Å². The molecule has 4 saturated carbocycles. The molecule has 2 saturated heterocycles. The minimum Gasteiger partial charge on any atom is -0.340 e. The number of aryl methyl sites for hydroxylation is 2. The fourth-order valence-corrected chi connectivity index (χ4v) is 8.98. The van der Waals surface area contributed by atoms with Gasteiger partial charge in [0.25, 0.3) is 0 Å². The average molecular weight is 450 g/mol. The van der Waals surface area contributed by atoms with Gasteiger partial charge in [-0.2, -0.15) is 0 Å². The van der Waals surface area contributed by atoms with Crippen LogP contribution in [0.3, 0.4) is 0 Å². The van der Waals surface area contributed by atoms with Crippen LogP contribution in [0.1, 0.15) is 68.1 Å². The summed E-state index contributed by atoms with van der Waals surface area (Å²) in [7, 11) is 2.25. The van der Waals surface area contributed by atoms with Crippen LogP contribution < -0.4 is 0 Å². The van der Waals surface area contributed by atoms with Crippen LogP contribution in [0.2, 0.25) is 0 Å². The number of rotatable bonds is 3. The van der Waals surface area contributed by atoms with E-state index in [1.54, 1.807) is 0 Å². The van der Waals surface area contributed by atoms with Gasteiger partial charge in [0, 0.05) is 38.8 Å². The lowest BCUT2D eigenvalue weighted by Gasteiger charge is -2.62. The largest absolute Gasteiger partial charge is 0.340 e. The lowest BCUT2D eigenvalue weighted by Crippen LogP contribution is -2.62. The van der Waals surface area contributed by atoms with Gasteiger partial charge >= 0.3 is 0 Å². The van der Waals surface area contributed by atoms with E-state index in [-0.39, 0.29) is 10.8 Å². The average Bonchev–Trinajstić information content (AvgIpc) is 2.79. The summed E-state index contributed by atoms with van der Waals surface area (Å²) >= 11 is 0. The number of amides is 1. The summed E-state index contributed by atoms with van der Waals surface area (Å²) in [5.41, 5.74) is 4.48. The second-order valence-corrected chi connectivity index (χ2v) is 12.7. The predicted octanol–water partition coefficient (Wildman–Crippen LogP) is 4.38. The third-order valence-corrected chi connectivity index (χ3v) is 10.4. The van der Waals surface area contributed by atoms with Gasteiger partial charge in [-0.25, -0.2) is 0 Å². The van der Waals surface area contributed by atoms with E-state index in [1.165, 1.54) is 61.9 Å². The molecule has 1 aromatic rings. The summed E-state index contributed by atoms with van der Waals surface area (Å²) in [6.07, 6.45) is 10.0. The van der Waals surface area contributed by atoms with Gasteiger partial charge in [-0.05, 0) is 113 Å². The highest BCUT2D eigenvalue weighted by atomic mass is 16.2. The molecule has 4 nitrogen and oxygen atoms in total. The summed E-state index contributed by atoms with van der Waals surface area (Å²) in [5, 5.41) is 0. The molecule has 2 heterocycles. The van der Waals surface area contributed by atoms with Crippen LogP contribution in [0, 0.1) is 31.1 Å². The molecule has 3 unspecified atom stereocenters. The Morgan fingerprint density at radius 2 is 1.67 bits per heavy atom. The Balaban J connectivity index is 1.19. The first kappa shape index (κ1) is 22.1. The summed E-state index contributed by atoms with van der Waals surface area (Å²) < 4.78 is 0. The first-order chi connectivity index (χ1) is 15.9. The van der Waals surface area contributed by atoms with E-state index in [0.717, 1.165) is 57.3 Å². The Hall–Kier alpha value is -1.39. The van der Waals surface area contributed by atoms with Crippen LogP contribution in [0.5, 0.6) is 0 Å². The van der Waals surface area contributed by atoms with E-state index in [9.17, 15) is 4.79 Å². The van der Waals surface area contributed by atoms with Crippen LogP contribution >= 0.6 is 0 Å². The Morgan fingerprint density at radius 1 is 0.939 bits per heavy atom. The number of benzene rings is 1. The predicted molar refractivity (Wildman–Crippen MR) is 133 cm³/mol. The molecule has 0 spiro atoms. The number of piperazine rings is 1. The van der Waals surface area contributed by atoms with E-state index in [2.05, 4.69) is 53.8 Å². The number of carbonyl (C=O) groups is 1. The number of likely N-dealkylation sites (tertiary alicyclic amines) is 1. The van der Waals surface area contributed by atoms with Gasteiger partial charge in [0.2, 0.25) is 5.91 Å². The quantitative estimate of drug-likeness (QED) is 0.685. The van der Waals surface area contributed by atoms with E-state index >= 15 is 0 Å². The van der Waals surface area contributed by atoms with Crippen molar-refractivity contribution in [2.75, 3.05) is 46.3 Å². The molecule has 4 aliphatic carbocycles. The highest BCUT2D eigenvalue weighted by molar-refractivity contribution is 5.84. The summed E-state index contributed by atoms with van der Waals surface area (Å²) in [5.74, 6) is 2.01. The van der Waals surface area contributed by atoms with Gasteiger partial charge in [-0.1, -0.05) is 18.2 Å². The van der Waals surface area contributed by atoms with Gasteiger partial charge < -0.3 is 9.80 Å². The molecule has 3 atom stereocenters. The van der Waals surface area contributed by atoms with Gasteiger partial charge in [-0.15, -0.1) is 0 Å². The molecule has 0 N–H and O–H groups in total. The zero-order valence-corrected chi connectivity index (χ0v) is 21.1. The molecule has 6 fully saturated rings. The SMILES string of the molecule is Cc1ccc(C23CC4CC(CC(C(=O)N5CCN(C6CCCN(C)C6)CC5)(C4)C2)C3)cc1C. The summed E-state index contributed by atoms with van der Waals surface area (Å²) in [6.45, 7) is 10.9. The number of hydrogen-bond acceptors (Lipinski definition) is 3. The maximum absolute atomic E-state index is 14.2. The Morgan fingerprint density at radius 3 is 2.33 bits per heavy atom. The van der Waals surface area contributed by atoms with Crippen molar-refractivity contribution in [1.82, 2.24) is 14.7 Å². The van der Waals surface area contributed by atoms with E-state index in [1.807, 2.05) is 0 Å². The second-order valence-electron chi connectivity index (χ2n) is 12.7. The fourth-order valence-electron chi connectivity index (χ4n) is 8.98. The van der Waals surface area contributed by atoms with Crippen molar-refractivity contribution in [2.45, 2.75) is 76.7 Å². The number of piperidine rings is 1. The van der Waals surface area contributed by atoms with Crippen LogP contribution in [-0.2, 0) is 10.2 Å². The van der Waals surface area contributed by atoms with E-state index < -0.39 is 0 Å². The third kappa shape index (κ3) is 3.76. The molecule has 4 heteroatoms. The van der Waals surface area contributed by atoms with Gasteiger partial charge in [-0.3, -0.25) is 9.69 Å². The number of likely N-dealkylation sites (N-methyl/N-ethyl adjacent to an activating group) is 1. The van der Waals surface area contributed by atoms with Crippen LogP contribution in [0.25, 0.3) is 0 Å². The monoisotopic (exact) mass is 449 g/mol. The minimum absolute atomic E-state index is 0.0872. The maximum Gasteiger partial charge on any atom is 0.228 e. The third-order valence-electron chi connectivity index (χ3n) is 10.4. The van der Waals surface area contributed by atoms with Crippen molar-refractivity contribution in [3.8, 4) is 0 Å². The molecule has 1 aromatic carbocycles. The molecule has 2 aliphatic heterocycles. The van der Waals surface area contributed by atoms with E-state index in [0.29, 0.717) is 11.9 Å². The van der Waals surface area contributed by atoms with Crippen LogP contribution in [0.15, 0.2) is 18.2 Å². The number of hydrogen-bond donors (Lipinski definition) is 0. The smallest absolute Gasteiger partial charge is 0.228 e. The molecule has 33 heavy (non-hydrogen) atoms. The summed E-state index contributed by atoms with van der Waals surface area (Å²) in [6, 6.07) is 7.86. The lowest BCUT2D eigenvalue weighted by atomic mass is 9.42. The second kappa shape index (κ2) is 8.09. The van der Waals surface area contributed by atoms with Crippen molar-refractivity contribution in [1.29, 1.82) is 0 Å². The standard InChI is InChI=1S/C29H43N3O/c1-21-6-7-25(13-22(21)2)28-15-23-14-24(16-28)18-29(17-23,20-28)27(33)32-11-9-31(10-12-32)26-5-4-8-30(3)19-26/h6-7,13,23-24,26H,4-5,8-12,14-20H2,1-3H3. The minimum atomic E-state index is -0.0872. The molecular formula is C29H43N3O. The maximum atomic E-state index is 14.2. The van der Waals surface area contributed by atoms with Crippen molar-refractivity contribution in [3.05, 3.63) is 34.9 Å². The molecule has 0 radical (unpaired) electrons. The zero-order chi connectivity index (χ0) is 22.8. The van der Waals surface area contributed by atoms with Gasteiger partial charge in [0.1, 0.15) is 0 Å². The number of carbonyl (C=O) groups excluding carboxylic acids is 1. The fraction of sp³-hybridized carbons (Fsp3) is 0.759. The molecular weight excluding hydrogens is 406 g/mol. The van der Waals surface area contributed by atoms with Crippen LogP contribution in [0.4, 0.5) is 0 Å². The van der Waals surface area contributed by atoms with Gasteiger partial charge in [0.05, 0.1) is 5.41 Å². The van der Waals surface area contributed by atoms with Crippen molar-refractivity contribution in [3.63, 3.8) is 0 Å². The number of nitrogens with zero attached hydrogens (tertiary/aromatic N) is 3. The van der Waals surface area contributed by atoms with Crippen LogP contribution in [-0.4, -0.2) is 73.0 Å². The highest BCUT2D eigenvalue weighted by Crippen LogP contribution is 2.66. The first-order valence-electron chi connectivity index (χ1n) is 13.7. The molecule has 0 aromatic heterocycles. The topological polar surface area (TPSA) is 26.8 Å². The molecule has 7 rings (SSSR count). The Kier molecular flexibility index (Phi) is 5.41. The Bertz CT molecular complexity index is 903. The Labute approximate surface area is 200 Å². The molecule has 6 aliphatic rings. The normalized spacial score (nSPS) is 39.2. The summed E-state index contributed by atoms with van der Waals surface area (Å²) in [4.78, 5) is 21.6. The van der Waals surface area contributed by atoms with Crippen molar-refractivity contribution < 1.29 is 4.79 Å². The van der Waals surface area contributed by atoms with Gasteiger partial charge in [0.15, 0.2) is 0 Å². The molecule has 4 bridgehead atoms. The zero-order valence-electron chi connectivity index (χ0n) is 21.1. The molecule has 180 valence electrons. The molecule has 1 amide bonds. The lowest BCUT2D eigenvalue weighted by molar-refractivity contribution is -0.162. The highest BCUT2D eigenvalue weighted by Gasteiger charge is 2.61. The van der Waals surface area contributed by atoms with Crippen molar-refractivity contribution in [2.24, 2.45) is 17.3 Å². The first-order valence-corrected chi connectivity index (χ1v) is 13.7. The van der Waals surface area contributed by atoms with Crippen molar-refractivity contribution >= 4 is 5.91 Å².